The van der Waals surface area contributed by atoms with Crippen molar-refractivity contribution in [2.45, 2.75) is 29.4 Å². The molecule has 3 nitrogen and oxygen atoms in total. The van der Waals surface area contributed by atoms with Gasteiger partial charge in [-0.2, -0.15) is 0 Å². The van der Waals surface area contributed by atoms with Gasteiger partial charge in [0.25, 0.3) is 0 Å². The Hall–Kier alpha value is 0.390. The quantitative estimate of drug-likeness (QED) is 0.555. The van der Waals surface area contributed by atoms with E-state index in [-0.39, 0.29) is 9.64 Å². The second-order valence-corrected chi connectivity index (χ2v) is 6.23. The molecule has 0 aromatic rings. The zero-order valence-corrected chi connectivity index (χ0v) is 10.7. The molecule has 0 fully saturated rings. The molecule has 0 bridgehead atoms. The third-order valence-electron chi connectivity index (χ3n) is 1.54. The molecule has 0 saturated carbocycles. The Bertz CT molecular complexity index is 142. The summed E-state index contributed by atoms with van der Waals surface area (Å²) in [5.74, 6) is 0.0755. The van der Waals surface area contributed by atoms with Gasteiger partial charge >= 0.3 is 0 Å². The minimum atomic E-state index is 0.0732. The topological polar surface area (TPSA) is 55.1 Å². The molecule has 5 heteroatoms. The van der Waals surface area contributed by atoms with Crippen LogP contribution in [0.4, 0.5) is 0 Å². The normalized spacial score (nSPS) is 10.5. The Balaban J connectivity index is 3.17. The lowest BCUT2D eigenvalue weighted by Gasteiger charge is -2.04. The largest absolute Gasteiger partial charge is 0.356 e. The molecule has 0 aliphatic heterocycles. The van der Waals surface area contributed by atoms with Crippen LogP contribution >= 0.6 is 31.9 Å². The van der Waals surface area contributed by atoms with Crippen LogP contribution < -0.4 is 11.1 Å². The van der Waals surface area contributed by atoms with Crippen LogP contribution in [0.15, 0.2) is 0 Å². The molecule has 0 spiro atoms. The van der Waals surface area contributed by atoms with Gasteiger partial charge in [-0.1, -0.05) is 38.3 Å². The number of carbonyl (C=O) groups is 1. The molecule has 0 atom stereocenters. The molecule has 0 heterocycles. The fourth-order valence-electron chi connectivity index (χ4n) is 0.886. The zero-order valence-electron chi connectivity index (χ0n) is 7.56. The highest BCUT2D eigenvalue weighted by molar-refractivity contribution is 9.24. The second kappa shape index (κ2) is 8.97. The van der Waals surface area contributed by atoms with Crippen molar-refractivity contribution < 1.29 is 4.79 Å². The predicted octanol–water partition coefficient (Wildman–Crippen LogP) is 1.74. The van der Waals surface area contributed by atoms with E-state index in [2.05, 4.69) is 37.2 Å². The van der Waals surface area contributed by atoms with Crippen LogP contribution in [-0.4, -0.2) is 22.7 Å². The fourth-order valence-corrected chi connectivity index (χ4v) is 1.47. The fraction of sp³-hybridized carbons (Fsp3) is 0.875. The van der Waals surface area contributed by atoms with E-state index in [4.69, 9.17) is 5.73 Å². The van der Waals surface area contributed by atoms with Gasteiger partial charge in [-0.25, -0.2) is 0 Å². The van der Waals surface area contributed by atoms with E-state index >= 15 is 0 Å². The van der Waals surface area contributed by atoms with Crippen molar-refractivity contribution in [3.05, 3.63) is 0 Å². The van der Waals surface area contributed by atoms with E-state index in [1.54, 1.807) is 0 Å². The first kappa shape index (κ1) is 13.4. The van der Waals surface area contributed by atoms with E-state index in [0.29, 0.717) is 6.42 Å². The molecule has 0 aromatic heterocycles. The molecule has 0 saturated heterocycles. The molecule has 3 N–H and O–H groups in total. The number of nitrogens with one attached hydrogen (secondary N) is 1. The third kappa shape index (κ3) is 10.3. The van der Waals surface area contributed by atoms with Crippen LogP contribution in [-0.2, 0) is 4.79 Å². The lowest BCUT2D eigenvalue weighted by molar-refractivity contribution is -0.120. The summed E-state index contributed by atoms with van der Waals surface area (Å²) < 4.78 is 0.0732. The smallest absolute Gasteiger partial charge is 0.221 e. The summed E-state index contributed by atoms with van der Waals surface area (Å²) in [6.07, 6.45) is 3.60. The maximum atomic E-state index is 11.1. The van der Waals surface area contributed by atoms with Gasteiger partial charge in [-0.05, 0) is 19.4 Å². The van der Waals surface area contributed by atoms with Gasteiger partial charge in [0.15, 0.2) is 0 Å². The number of nitrogens with two attached hydrogens (primary N) is 1. The molecule has 0 unspecified atom stereocenters. The number of unbranched alkanes of at least 4 members (excludes halogenated alkanes) is 2. The average Bonchev–Trinajstić information content (AvgIpc) is 2.02. The first-order chi connectivity index (χ1) is 6.16. The third-order valence-corrected chi connectivity index (χ3v) is 2.19. The molecule has 0 aliphatic rings. The molecular weight excluding hydrogens is 300 g/mol. The van der Waals surface area contributed by atoms with Crippen LogP contribution in [0, 0.1) is 0 Å². The maximum absolute atomic E-state index is 11.1. The Morgan fingerprint density at radius 2 is 2.00 bits per heavy atom. The van der Waals surface area contributed by atoms with Gasteiger partial charge in [0.1, 0.15) is 0 Å². The summed E-state index contributed by atoms with van der Waals surface area (Å²) in [6, 6.07) is 0. The Kier molecular flexibility index (Phi) is 9.23. The van der Waals surface area contributed by atoms with Crippen LogP contribution in [0.3, 0.4) is 0 Å². The lowest BCUT2D eigenvalue weighted by Crippen LogP contribution is -2.25. The van der Waals surface area contributed by atoms with Crippen molar-refractivity contribution >= 4 is 37.8 Å². The first-order valence-electron chi connectivity index (χ1n) is 4.41. The minimum absolute atomic E-state index is 0.0732. The number of rotatable bonds is 7. The average molecular weight is 316 g/mol. The highest BCUT2D eigenvalue weighted by Gasteiger charge is 2.05. The summed E-state index contributed by atoms with van der Waals surface area (Å²) in [4.78, 5) is 11.1. The number of amides is 1. The minimum Gasteiger partial charge on any atom is -0.356 e. The first-order valence-corrected chi connectivity index (χ1v) is 6.25. The second-order valence-electron chi connectivity index (χ2n) is 2.79. The van der Waals surface area contributed by atoms with Gasteiger partial charge in [0.2, 0.25) is 5.91 Å². The Morgan fingerprint density at radius 3 is 2.54 bits per heavy atom. The van der Waals surface area contributed by atoms with E-state index in [1.165, 1.54) is 0 Å². The van der Waals surface area contributed by atoms with Crippen molar-refractivity contribution in [3.63, 3.8) is 0 Å². The molecule has 78 valence electrons. The SMILES string of the molecule is NCCCCCNC(=O)CC(Br)Br. The Morgan fingerprint density at radius 1 is 1.31 bits per heavy atom. The number of alkyl halides is 2. The molecular formula is C8H16Br2N2O. The van der Waals surface area contributed by atoms with Gasteiger partial charge in [0, 0.05) is 13.0 Å². The number of halogens is 2. The summed E-state index contributed by atoms with van der Waals surface area (Å²) in [7, 11) is 0. The standard InChI is InChI=1S/C8H16Br2N2O/c9-7(10)6-8(13)12-5-3-1-2-4-11/h7H,1-6,11H2,(H,12,13). The summed E-state index contributed by atoms with van der Waals surface area (Å²) in [6.45, 7) is 1.49. The van der Waals surface area contributed by atoms with E-state index in [0.717, 1.165) is 32.4 Å². The van der Waals surface area contributed by atoms with Crippen molar-refractivity contribution in [2.24, 2.45) is 5.73 Å². The van der Waals surface area contributed by atoms with E-state index < -0.39 is 0 Å². The monoisotopic (exact) mass is 314 g/mol. The van der Waals surface area contributed by atoms with Crippen molar-refractivity contribution in [1.29, 1.82) is 0 Å². The predicted molar refractivity (Wildman–Crippen MR) is 62.2 cm³/mol. The Labute approximate surface area is 96.1 Å². The summed E-state index contributed by atoms with van der Waals surface area (Å²) >= 11 is 6.50. The van der Waals surface area contributed by atoms with E-state index in [1.807, 2.05) is 0 Å². The van der Waals surface area contributed by atoms with Gasteiger partial charge < -0.3 is 11.1 Å². The van der Waals surface area contributed by atoms with Crippen LogP contribution in [0.2, 0.25) is 0 Å². The molecule has 0 aromatic carbocycles. The van der Waals surface area contributed by atoms with Crippen LogP contribution in [0.25, 0.3) is 0 Å². The van der Waals surface area contributed by atoms with Crippen molar-refractivity contribution in [3.8, 4) is 0 Å². The lowest BCUT2D eigenvalue weighted by atomic mass is 10.2. The summed E-state index contributed by atoms with van der Waals surface area (Å²) in [5.41, 5.74) is 5.34. The molecule has 13 heavy (non-hydrogen) atoms. The number of hydrogen-bond acceptors (Lipinski definition) is 2. The highest BCUT2D eigenvalue weighted by atomic mass is 79.9. The van der Waals surface area contributed by atoms with Crippen LogP contribution in [0.5, 0.6) is 0 Å². The molecule has 0 rings (SSSR count). The maximum Gasteiger partial charge on any atom is 0.221 e. The number of hydrogen-bond donors (Lipinski definition) is 2. The molecule has 0 radical (unpaired) electrons. The zero-order chi connectivity index (χ0) is 10.1. The van der Waals surface area contributed by atoms with Crippen molar-refractivity contribution in [2.75, 3.05) is 13.1 Å². The number of carbonyl (C=O) groups excluding carboxylic acids is 1. The molecule has 0 aliphatic carbocycles. The molecule has 1 amide bonds. The van der Waals surface area contributed by atoms with Crippen molar-refractivity contribution in [1.82, 2.24) is 5.32 Å². The van der Waals surface area contributed by atoms with E-state index in [9.17, 15) is 4.79 Å². The van der Waals surface area contributed by atoms with Gasteiger partial charge in [-0.15, -0.1) is 0 Å². The highest BCUT2D eigenvalue weighted by Crippen LogP contribution is 2.11. The summed E-state index contributed by atoms with van der Waals surface area (Å²) in [5, 5.41) is 2.83. The van der Waals surface area contributed by atoms with Gasteiger partial charge in [0.05, 0.1) is 3.74 Å². The van der Waals surface area contributed by atoms with Gasteiger partial charge in [-0.3, -0.25) is 4.79 Å². The van der Waals surface area contributed by atoms with Crippen LogP contribution in [0.1, 0.15) is 25.7 Å².